The van der Waals surface area contributed by atoms with E-state index in [-0.39, 0.29) is 41.1 Å². The Labute approximate surface area is 211 Å². The van der Waals surface area contributed by atoms with Crippen LogP contribution >= 0.6 is 0 Å². The van der Waals surface area contributed by atoms with Crippen LogP contribution in [-0.4, -0.2) is 59.0 Å². The fourth-order valence-corrected chi connectivity index (χ4v) is 6.62. The highest BCUT2D eigenvalue weighted by Crippen LogP contribution is 2.43. The molecule has 2 amide bonds. The number of carbonyl (C=O) groups is 4. The summed E-state index contributed by atoms with van der Waals surface area (Å²) in [6, 6.07) is 6.08. The first-order chi connectivity index (χ1) is 17.4. The van der Waals surface area contributed by atoms with E-state index in [1.165, 1.54) is 0 Å². The predicted octanol–water partition coefficient (Wildman–Crippen LogP) is 3.64. The van der Waals surface area contributed by atoms with Crippen LogP contribution in [0.5, 0.6) is 5.75 Å². The maximum Gasteiger partial charge on any atom is 0.271 e. The molecule has 0 unspecified atom stereocenters. The Hall–Kier alpha value is -3.16. The molecule has 1 aromatic carbocycles. The lowest BCUT2D eigenvalue weighted by molar-refractivity contribution is -0.131. The molecule has 3 fully saturated rings. The molecule has 2 N–H and O–H groups in total. The highest BCUT2D eigenvalue weighted by molar-refractivity contribution is 6.02. The molecule has 8 heteroatoms. The fourth-order valence-electron chi connectivity index (χ4n) is 6.62. The van der Waals surface area contributed by atoms with E-state index in [2.05, 4.69) is 10.3 Å². The Kier molecular flexibility index (Phi) is 6.86. The summed E-state index contributed by atoms with van der Waals surface area (Å²) in [7, 11) is 1.60. The molecular weight excluding hydrogens is 458 g/mol. The largest absolute Gasteiger partial charge is 0.496 e. The summed E-state index contributed by atoms with van der Waals surface area (Å²) in [4.78, 5) is 57.3. The number of nitrogens with zero attached hydrogens (tertiary/aromatic N) is 1. The van der Waals surface area contributed by atoms with E-state index in [1.807, 2.05) is 18.2 Å². The van der Waals surface area contributed by atoms with E-state index in [1.54, 1.807) is 25.0 Å². The Morgan fingerprint density at radius 1 is 1.19 bits per heavy atom. The predicted molar refractivity (Wildman–Crippen MR) is 135 cm³/mol. The number of carbonyl (C=O) groups excluding carboxylic acids is 4. The summed E-state index contributed by atoms with van der Waals surface area (Å²) in [5.74, 6) is 0.491. The number of benzene rings is 1. The number of ether oxygens (including phenoxy) is 1. The second kappa shape index (κ2) is 10.1. The van der Waals surface area contributed by atoms with Crippen LogP contribution in [0.15, 0.2) is 24.3 Å². The molecule has 1 aliphatic heterocycles. The molecule has 0 spiro atoms. The van der Waals surface area contributed by atoms with Crippen molar-refractivity contribution in [3.63, 3.8) is 0 Å². The van der Waals surface area contributed by atoms with Crippen LogP contribution in [0.1, 0.15) is 68.8 Å². The first-order valence-corrected chi connectivity index (χ1v) is 13.2. The second-order valence-corrected chi connectivity index (χ2v) is 10.5. The normalized spacial score (nSPS) is 26.3. The SMILES string of the molecule is CCC(=O)[C@H](C[C@@H]1CCCC1=O)NC(=O)[C@@H]1[C@H]2CCC[C@H]2CN1C(=O)c1cc2c(OC)cccc2[nH]1. The van der Waals surface area contributed by atoms with E-state index >= 15 is 0 Å². The molecule has 2 heterocycles. The van der Waals surface area contributed by atoms with Crippen molar-refractivity contribution >= 4 is 34.3 Å². The zero-order valence-electron chi connectivity index (χ0n) is 21.0. The van der Waals surface area contributed by atoms with Gasteiger partial charge in [0.1, 0.15) is 23.3 Å². The lowest BCUT2D eigenvalue weighted by atomic mass is 9.91. The maximum atomic E-state index is 13.7. The maximum absolute atomic E-state index is 13.7. The van der Waals surface area contributed by atoms with Gasteiger partial charge in [0, 0.05) is 36.2 Å². The molecule has 0 bridgehead atoms. The minimum absolute atomic E-state index is 0.0652. The summed E-state index contributed by atoms with van der Waals surface area (Å²) >= 11 is 0. The number of ketones is 2. The van der Waals surface area contributed by atoms with Gasteiger partial charge in [0.05, 0.1) is 13.2 Å². The molecule has 2 aliphatic carbocycles. The van der Waals surface area contributed by atoms with Crippen LogP contribution in [0, 0.1) is 17.8 Å². The highest BCUT2D eigenvalue weighted by atomic mass is 16.5. The van der Waals surface area contributed by atoms with Crippen molar-refractivity contribution in [3.05, 3.63) is 30.0 Å². The number of likely N-dealkylation sites (tertiary alicyclic amines) is 1. The second-order valence-electron chi connectivity index (χ2n) is 10.5. The molecule has 0 radical (unpaired) electrons. The molecule has 2 saturated carbocycles. The molecule has 2 aromatic rings. The minimum Gasteiger partial charge on any atom is -0.496 e. The first kappa shape index (κ1) is 24.5. The van der Waals surface area contributed by atoms with Crippen LogP contribution in [0.25, 0.3) is 10.9 Å². The average molecular weight is 494 g/mol. The van der Waals surface area contributed by atoms with E-state index in [0.29, 0.717) is 37.3 Å². The van der Waals surface area contributed by atoms with Crippen molar-refractivity contribution in [2.75, 3.05) is 13.7 Å². The number of methoxy groups -OCH3 is 1. The Bertz CT molecular complexity index is 1190. The number of hydrogen-bond acceptors (Lipinski definition) is 5. The quantitative estimate of drug-likeness (QED) is 0.584. The molecule has 192 valence electrons. The van der Waals surface area contributed by atoms with Crippen molar-refractivity contribution < 1.29 is 23.9 Å². The van der Waals surface area contributed by atoms with Crippen molar-refractivity contribution in [2.45, 2.75) is 70.4 Å². The molecule has 1 saturated heterocycles. The van der Waals surface area contributed by atoms with Crippen molar-refractivity contribution in [1.29, 1.82) is 0 Å². The van der Waals surface area contributed by atoms with Crippen LogP contribution in [-0.2, 0) is 14.4 Å². The van der Waals surface area contributed by atoms with Gasteiger partial charge in [-0.25, -0.2) is 0 Å². The topological polar surface area (TPSA) is 109 Å². The monoisotopic (exact) mass is 493 g/mol. The number of amides is 2. The lowest BCUT2D eigenvalue weighted by Crippen LogP contribution is -2.53. The van der Waals surface area contributed by atoms with Gasteiger partial charge >= 0.3 is 0 Å². The molecule has 5 rings (SSSR count). The standard InChI is InChI=1S/C28H35N3O5/c1-3-23(32)21(13-16-7-5-11-24(16)33)30-27(34)26-18-9-4-8-17(18)15-31(26)28(35)22-14-19-20(29-22)10-6-12-25(19)36-2/h6,10,12,14,16-18,21,26,29H,3-5,7-9,11,13,15H2,1-2H3,(H,30,34)/t16-,17-,18-,21-,26-/m0/s1. The first-order valence-electron chi connectivity index (χ1n) is 13.2. The zero-order chi connectivity index (χ0) is 25.4. The van der Waals surface area contributed by atoms with Crippen LogP contribution in [0.3, 0.4) is 0 Å². The van der Waals surface area contributed by atoms with Crippen LogP contribution in [0.4, 0.5) is 0 Å². The third-order valence-electron chi connectivity index (χ3n) is 8.50. The highest BCUT2D eigenvalue weighted by Gasteiger charge is 2.50. The number of fused-ring (bicyclic) bond motifs is 2. The van der Waals surface area contributed by atoms with Crippen LogP contribution < -0.4 is 10.1 Å². The average Bonchev–Trinajstić information content (AvgIpc) is 3.66. The third kappa shape index (κ3) is 4.42. The number of nitrogens with one attached hydrogen (secondary N) is 2. The van der Waals surface area contributed by atoms with Crippen molar-refractivity contribution in [2.24, 2.45) is 17.8 Å². The van der Waals surface area contributed by atoms with E-state index < -0.39 is 12.1 Å². The summed E-state index contributed by atoms with van der Waals surface area (Å²) in [6.45, 7) is 2.31. The summed E-state index contributed by atoms with van der Waals surface area (Å²) < 4.78 is 5.44. The van der Waals surface area contributed by atoms with Gasteiger partial charge in [0.25, 0.3) is 5.91 Å². The summed E-state index contributed by atoms with van der Waals surface area (Å²) in [6.07, 6.45) is 5.73. The van der Waals surface area contributed by atoms with Gasteiger partial charge in [-0.05, 0) is 62.1 Å². The smallest absolute Gasteiger partial charge is 0.271 e. The number of H-pyrrole nitrogens is 1. The van der Waals surface area contributed by atoms with Gasteiger partial charge in [-0.2, -0.15) is 0 Å². The minimum atomic E-state index is -0.690. The number of rotatable bonds is 8. The molecule has 1 aromatic heterocycles. The molecular formula is C28H35N3O5. The number of hydrogen-bond donors (Lipinski definition) is 2. The molecule has 8 nitrogen and oxygen atoms in total. The van der Waals surface area contributed by atoms with Gasteiger partial charge in [-0.15, -0.1) is 0 Å². The molecule has 5 atom stereocenters. The molecule has 3 aliphatic rings. The van der Waals surface area contributed by atoms with Gasteiger partial charge < -0.3 is 19.9 Å². The summed E-state index contributed by atoms with van der Waals surface area (Å²) in [5.41, 5.74) is 1.22. The van der Waals surface area contributed by atoms with Crippen LogP contribution in [0.2, 0.25) is 0 Å². The van der Waals surface area contributed by atoms with E-state index in [0.717, 1.165) is 43.0 Å². The van der Waals surface area contributed by atoms with E-state index in [4.69, 9.17) is 4.74 Å². The van der Waals surface area contributed by atoms with Gasteiger partial charge in [-0.1, -0.05) is 19.4 Å². The van der Waals surface area contributed by atoms with Crippen molar-refractivity contribution in [3.8, 4) is 5.75 Å². The van der Waals surface area contributed by atoms with Gasteiger partial charge in [0.15, 0.2) is 5.78 Å². The number of Topliss-reactive ketones (excluding diaryl/α,β-unsaturated/α-hetero) is 2. The van der Waals surface area contributed by atoms with E-state index in [9.17, 15) is 19.2 Å². The molecule has 36 heavy (non-hydrogen) atoms. The van der Waals surface area contributed by atoms with Gasteiger partial charge in [-0.3, -0.25) is 19.2 Å². The Morgan fingerprint density at radius 2 is 2.03 bits per heavy atom. The fraction of sp³-hybridized carbons (Fsp3) is 0.571. The zero-order valence-corrected chi connectivity index (χ0v) is 21.0. The Balaban J connectivity index is 1.39. The number of aromatic amines is 1. The Morgan fingerprint density at radius 3 is 2.75 bits per heavy atom. The third-order valence-corrected chi connectivity index (χ3v) is 8.50. The number of aromatic nitrogens is 1. The lowest BCUT2D eigenvalue weighted by Gasteiger charge is -2.29. The van der Waals surface area contributed by atoms with Crippen molar-refractivity contribution in [1.82, 2.24) is 15.2 Å². The summed E-state index contributed by atoms with van der Waals surface area (Å²) in [5, 5.41) is 3.80. The van der Waals surface area contributed by atoms with Gasteiger partial charge in [0.2, 0.25) is 5.91 Å².